The van der Waals surface area contributed by atoms with Crippen LogP contribution in [-0.2, 0) is 4.74 Å². The standard InChI is InChI=1S/C16H34N4O2.HI/c1-7-8-9-10-13(2)20-14(17-6)18-11-12-19-15(21)22-16(3,4)5;/h13H,7-12H2,1-6H3,(H,19,21)(H2,17,18,20);1H. The van der Waals surface area contributed by atoms with E-state index in [2.05, 4.69) is 34.8 Å². The Morgan fingerprint density at radius 3 is 2.30 bits per heavy atom. The summed E-state index contributed by atoms with van der Waals surface area (Å²) in [5.74, 6) is 0.759. The van der Waals surface area contributed by atoms with Crippen LogP contribution < -0.4 is 16.0 Å². The molecule has 0 radical (unpaired) electrons. The molecule has 1 unspecified atom stereocenters. The molecule has 0 rings (SSSR count). The maximum Gasteiger partial charge on any atom is 0.407 e. The zero-order valence-corrected chi connectivity index (χ0v) is 17.8. The minimum Gasteiger partial charge on any atom is -0.444 e. The third-order valence-corrected chi connectivity index (χ3v) is 2.93. The maximum atomic E-state index is 11.5. The van der Waals surface area contributed by atoms with Gasteiger partial charge >= 0.3 is 6.09 Å². The lowest BCUT2D eigenvalue weighted by Crippen LogP contribution is -2.45. The zero-order valence-electron chi connectivity index (χ0n) is 15.5. The van der Waals surface area contributed by atoms with E-state index >= 15 is 0 Å². The summed E-state index contributed by atoms with van der Waals surface area (Å²) in [6.07, 6.45) is 4.45. The number of rotatable bonds is 8. The number of hydrogen-bond acceptors (Lipinski definition) is 3. The van der Waals surface area contributed by atoms with Crippen molar-refractivity contribution in [2.45, 2.75) is 71.9 Å². The third-order valence-electron chi connectivity index (χ3n) is 2.93. The van der Waals surface area contributed by atoms with Gasteiger partial charge in [-0.25, -0.2) is 4.79 Å². The number of unbranched alkanes of at least 4 members (excludes halogenated alkanes) is 2. The van der Waals surface area contributed by atoms with E-state index in [1.807, 2.05) is 20.8 Å². The smallest absolute Gasteiger partial charge is 0.407 e. The molecule has 0 saturated heterocycles. The molecule has 0 saturated carbocycles. The molecular formula is C16H35IN4O2. The molecular weight excluding hydrogens is 407 g/mol. The van der Waals surface area contributed by atoms with Gasteiger partial charge in [0, 0.05) is 26.2 Å². The lowest BCUT2D eigenvalue weighted by atomic mass is 10.1. The van der Waals surface area contributed by atoms with Crippen LogP contribution in [0.3, 0.4) is 0 Å². The first-order valence-corrected chi connectivity index (χ1v) is 8.22. The summed E-state index contributed by atoms with van der Waals surface area (Å²) in [6.45, 7) is 11.0. The second-order valence-corrected chi connectivity index (χ2v) is 6.47. The molecule has 23 heavy (non-hydrogen) atoms. The van der Waals surface area contributed by atoms with Gasteiger partial charge in [0.25, 0.3) is 0 Å². The van der Waals surface area contributed by atoms with E-state index in [0.29, 0.717) is 19.1 Å². The number of alkyl carbamates (subject to hydrolysis) is 1. The summed E-state index contributed by atoms with van der Waals surface area (Å²) in [4.78, 5) is 15.7. The Kier molecular flexibility index (Phi) is 14.6. The number of nitrogens with zero attached hydrogens (tertiary/aromatic N) is 1. The van der Waals surface area contributed by atoms with Crippen LogP contribution >= 0.6 is 24.0 Å². The third kappa shape index (κ3) is 15.9. The van der Waals surface area contributed by atoms with Crippen molar-refractivity contribution in [3.05, 3.63) is 0 Å². The fourth-order valence-electron chi connectivity index (χ4n) is 1.86. The lowest BCUT2D eigenvalue weighted by molar-refractivity contribution is 0.0529. The summed E-state index contributed by atoms with van der Waals surface area (Å²) < 4.78 is 5.17. The van der Waals surface area contributed by atoms with Crippen LogP contribution in [-0.4, -0.2) is 43.8 Å². The first-order valence-electron chi connectivity index (χ1n) is 8.22. The van der Waals surface area contributed by atoms with E-state index in [1.54, 1.807) is 7.05 Å². The van der Waals surface area contributed by atoms with Gasteiger partial charge in [0.1, 0.15) is 5.60 Å². The SMILES string of the molecule is CCCCCC(C)NC(=NC)NCCNC(=O)OC(C)(C)C.I. The van der Waals surface area contributed by atoms with Gasteiger partial charge in [0.2, 0.25) is 0 Å². The number of carbonyl (C=O) groups is 1. The Morgan fingerprint density at radius 1 is 1.17 bits per heavy atom. The second-order valence-electron chi connectivity index (χ2n) is 6.47. The van der Waals surface area contributed by atoms with Gasteiger partial charge in [-0.2, -0.15) is 0 Å². The van der Waals surface area contributed by atoms with Crippen molar-refractivity contribution in [2.75, 3.05) is 20.1 Å². The van der Waals surface area contributed by atoms with Crippen LogP contribution in [0.5, 0.6) is 0 Å². The van der Waals surface area contributed by atoms with Gasteiger partial charge < -0.3 is 20.7 Å². The van der Waals surface area contributed by atoms with Crippen molar-refractivity contribution in [1.29, 1.82) is 0 Å². The van der Waals surface area contributed by atoms with E-state index < -0.39 is 11.7 Å². The quantitative estimate of drug-likeness (QED) is 0.234. The summed E-state index contributed by atoms with van der Waals surface area (Å²) in [5, 5.41) is 9.23. The molecule has 138 valence electrons. The molecule has 0 spiro atoms. The number of guanidine groups is 1. The maximum absolute atomic E-state index is 11.5. The number of halogens is 1. The Morgan fingerprint density at radius 2 is 1.78 bits per heavy atom. The monoisotopic (exact) mass is 442 g/mol. The molecule has 7 heteroatoms. The van der Waals surface area contributed by atoms with Crippen LogP contribution in [0.1, 0.15) is 60.3 Å². The Hall–Kier alpha value is -0.730. The minimum absolute atomic E-state index is 0. The summed E-state index contributed by atoms with van der Waals surface area (Å²) in [7, 11) is 1.75. The largest absolute Gasteiger partial charge is 0.444 e. The highest BCUT2D eigenvalue weighted by Crippen LogP contribution is 2.06. The number of amides is 1. The highest BCUT2D eigenvalue weighted by Gasteiger charge is 2.15. The molecule has 0 aliphatic heterocycles. The summed E-state index contributed by atoms with van der Waals surface area (Å²) in [6, 6.07) is 0.386. The molecule has 0 bridgehead atoms. The molecule has 0 aliphatic rings. The first-order chi connectivity index (χ1) is 10.3. The van der Waals surface area contributed by atoms with Crippen molar-refractivity contribution in [1.82, 2.24) is 16.0 Å². The molecule has 0 aromatic carbocycles. The predicted octanol–water partition coefficient (Wildman–Crippen LogP) is 3.26. The zero-order chi connectivity index (χ0) is 17.0. The Labute approximate surface area is 158 Å². The van der Waals surface area contributed by atoms with E-state index in [4.69, 9.17) is 4.74 Å². The highest BCUT2D eigenvalue weighted by molar-refractivity contribution is 14.0. The molecule has 0 fully saturated rings. The fraction of sp³-hybridized carbons (Fsp3) is 0.875. The molecule has 0 heterocycles. The molecule has 0 aromatic rings. The molecule has 6 nitrogen and oxygen atoms in total. The minimum atomic E-state index is -0.469. The first kappa shape index (κ1) is 24.5. The highest BCUT2D eigenvalue weighted by atomic mass is 127. The van der Waals surface area contributed by atoms with Gasteiger partial charge in [0.15, 0.2) is 5.96 Å². The lowest BCUT2D eigenvalue weighted by Gasteiger charge is -2.20. The molecule has 3 N–H and O–H groups in total. The number of nitrogens with one attached hydrogen (secondary N) is 3. The Bertz CT molecular complexity index is 343. The van der Waals surface area contributed by atoms with Crippen molar-refractivity contribution >= 4 is 36.0 Å². The van der Waals surface area contributed by atoms with Crippen molar-refractivity contribution < 1.29 is 9.53 Å². The van der Waals surface area contributed by atoms with Crippen molar-refractivity contribution in [2.24, 2.45) is 4.99 Å². The number of aliphatic imine (C=N–C) groups is 1. The average molecular weight is 442 g/mol. The van der Waals surface area contributed by atoms with E-state index in [0.717, 1.165) is 12.4 Å². The Balaban J connectivity index is 0. The van der Waals surface area contributed by atoms with Crippen molar-refractivity contribution in [3.8, 4) is 0 Å². The van der Waals surface area contributed by atoms with Crippen LogP contribution in [0.25, 0.3) is 0 Å². The van der Waals surface area contributed by atoms with Gasteiger partial charge in [-0.15, -0.1) is 24.0 Å². The van der Waals surface area contributed by atoms with Crippen LogP contribution in [0, 0.1) is 0 Å². The van der Waals surface area contributed by atoms with E-state index in [-0.39, 0.29) is 24.0 Å². The van der Waals surface area contributed by atoms with Gasteiger partial charge in [-0.05, 0) is 34.1 Å². The summed E-state index contributed by atoms with van der Waals surface area (Å²) in [5.41, 5.74) is -0.469. The predicted molar refractivity (Wildman–Crippen MR) is 108 cm³/mol. The number of ether oxygens (including phenoxy) is 1. The van der Waals surface area contributed by atoms with Crippen molar-refractivity contribution in [3.63, 3.8) is 0 Å². The second kappa shape index (κ2) is 13.7. The van der Waals surface area contributed by atoms with Crippen LogP contribution in [0.15, 0.2) is 4.99 Å². The topological polar surface area (TPSA) is 74.8 Å². The van der Waals surface area contributed by atoms with Gasteiger partial charge in [-0.3, -0.25) is 4.99 Å². The van der Waals surface area contributed by atoms with Gasteiger partial charge in [-0.1, -0.05) is 26.2 Å². The number of hydrogen-bond donors (Lipinski definition) is 3. The van der Waals surface area contributed by atoms with E-state index in [1.165, 1.54) is 19.3 Å². The molecule has 1 atom stereocenters. The normalized spacial score (nSPS) is 12.9. The summed E-state index contributed by atoms with van der Waals surface area (Å²) >= 11 is 0. The van der Waals surface area contributed by atoms with Crippen LogP contribution in [0.2, 0.25) is 0 Å². The molecule has 0 aliphatic carbocycles. The van der Waals surface area contributed by atoms with E-state index in [9.17, 15) is 4.79 Å². The molecule has 1 amide bonds. The van der Waals surface area contributed by atoms with Crippen LogP contribution in [0.4, 0.5) is 4.79 Å². The molecule has 0 aromatic heterocycles. The average Bonchev–Trinajstić information content (AvgIpc) is 2.40. The fourth-order valence-corrected chi connectivity index (χ4v) is 1.86. The van der Waals surface area contributed by atoms with Gasteiger partial charge in [0.05, 0.1) is 0 Å². The number of carbonyl (C=O) groups excluding carboxylic acids is 1.